The summed E-state index contributed by atoms with van der Waals surface area (Å²) in [6.45, 7) is 0.180. The largest absolute Gasteiger partial charge is 0.497 e. The number of carbonyl (C=O) groups excluding carboxylic acids is 1. The first-order chi connectivity index (χ1) is 15.9. The van der Waals surface area contributed by atoms with E-state index in [0.29, 0.717) is 36.8 Å². The average molecular weight is 485 g/mol. The molecule has 5 rings (SSSR count). The molecule has 1 aliphatic rings. The number of methoxy groups -OCH3 is 1. The number of amides is 1. The van der Waals surface area contributed by atoms with Crippen LogP contribution in [0.25, 0.3) is 21.0 Å². The van der Waals surface area contributed by atoms with Crippen LogP contribution in [0, 0.1) is 5.82 Å². The predicted molar refractivity (Wildman–Crippen MR) is 130 cm³/mol. The van der Waals surface area contributed by atoms with E-state index in [4.69, 9.17) is 16.3 Å². The summed E-state index contributed by atoms with van der Waals surface area (Å²) in [6.07, 6.45) is 3.83. The highest BCUT2D eigenvalue weighted by Gasteiger charge is 2.31. The number of halogens is 2. The Hall–Kier alpha value is -2.90. The first-order valence-electron chi connectivity index (χ1n) is 10.8. The summed E-state index contributed by atoms with van der Waals surface area (Å²) in [5.41, 5.74) is 0.948. The maximum absolute atomic E-state index is 13.7. The lowest BCUT2D eigenvalue weighted by Gasteiger charge is -2.28. The van der Waals surface area contributed by atoms with Crippen LogP contribution in [-0.2, 0) is 6.54 Å². The molecule has 2 heterocycles. The number of nitrogens with one attached hydrogen (secondary N) is 1. The minimum absolute atomic E-state index is 0.0291. The third-order valence-corrected chi connectivity index (χ3v) is 7.93. The lowest BCUT2D eigenvalue weighted by molar-refractivity contribution is 0.0669. The highest BCUT2D eigenvalue weighted by atomic mass is 35.5. The normalized spacial score (nSPS) is 14.3. The molecule has 8 heteroatoms. The molecule has 1 amide bonds. The Morgan fingerprint density at radius 1 is 1.21 bits per heavy atom. The van der Waals surface area contributed by atoms with E-state index in [-0.39, 0.29) is 29.9 Å². The highest BCUT2D eigenvalue weighted by Crippen LogP contribution is 2.38. The van der Waals surface area contributed by atoms with Gasteiger partial charge in [-0.05, 0) is 54.6 Å². The molecular weight excluding hydrogens is 463 g/mol. The molecule has 0 unspecified atom stereocenters. The van der Waals surface area contributed by atoms with E-state index in [0.717, 1.165) is 31.1 Å². The van der Waals surface area contributed by atoms with Crippen LogP contribution in [0.5, 0.6) is 5.75 Å². The van der Waals surface area contributed by atoms with Crippen molar-refractivity contribution in [2.45, 2.75) is 38.3 Å². The molecule has 0 aliphatic heterocycles. The molecule has 1 fully saturated rings. The number of fused-ring (bicyclic) bond motifs is 2. The maximum atomic E-state index is 13.7. The van der Waals surface area contributed by atoms with Gasteiger partial charge in [-0.2, -0.15) is 0 Å². The number of rotatable bonds is 5. The Morgan fingerprint density at radius 2 is 2.00 bits per heavy atom. The minimum atomic E-state index is -0.369. The van der Waals surface area contributed by atoms with E-state index in [2.05, 4.69) is 4.98 Å². The fourth-order valence-electron chi connectivity index (χ4n) is 4.54. The van der Waals surface area contributed by atoms with Crippen molar-refractivity contribution in [3.8, 4) is 5.75 Å². The molecule has 0 atom stereocenters. The van der Waals surface area contributed by atoms with E-state index in [9.17, 15) is 14.0 Å². The summed E-state index contributed by atoms with van der Waals surface area (Å²) in [4.78, 5) is 31.6. The first-order valence-corrected chi connectivity index (χ1v) is 12.0. The first kappa shape index (κ1) is 21.9. The number of hydrogen-bond acceptors (Lipinski definition) is 4. The monoisotopic (exact) mass is 484 g/mol. The molecule has 2 aromatic heterocycles. The molecule has 1 N–H and O–H groups in total. The van der Waals surface area contributed by atoms with Crippen LogP contribution in [0.2, 0.25) is 5.02 Å². The number of pyridine rings is 1. The van der Waals surface area contributed by atoms with E-state index in [1.807, 2.05) is 18.2 Å². The summed E-state index contributed by atoms with van der Waals surface area (Å²) < 4.78 is 19.6. The van der Waals surface area contributed by atoms with Gasteiger partial charge in [-0.15, -0.1) is 11.3 Å². The molecule has 2 aromatic carbocycles. The van der Waals surface area contributed by atoms with Crippen LogP contribution in [0.4, 0.5) is 4.39 Å². The Morgan fingerprint density at radius 3 is 2.76 bits per heavy atom. The number of nitrogens with zero attached hydrogens (tertiary/aromatic N) is 1. The second kappa shape index (κ2) is 8.80. The van der Waals surface area contributed by atoms with Crippen molar-refractivity contribution >= 4 is 49.8 Å². The average Bonchev–Trinajstić information content (AvgIpc) is 3.45. The van der Waals surface area contributed by atoms with Crippen molar-refractivity contribution in [2.75, 3.05) is 7.11 Å². The summed E-state index contributed by atoms with van der Waals surface area (Å²) >= 11 is 7.75. The quantitative estimate of drug-likeness (QED) is 0.370. The summed E-state index contributed by atoms with van der Waals surface area (Å²) in [7, 11) is 1.58. The number of benzene rings is 2. The molecule has 1 saturated carbocycles. The van der Waals surface area contributed by atoms with Crippen molar-refractivity contribution in [3.63, 3.8) is 0 Å². The van der Waals surface area contributed by atoms with Gasteiger partial charge in [-0.25, -0.2) is 4.39 Å². The lowest BCUT2D eigenvalue weighted by Crippen LogP contribution is -2.39. The van der Waals surface area contributed by atoms with E-state index in [1.165, 1.54) is 23.5 Å². The Bertz CT molecular complexity index is 1420. The molecule has 4 aromatic rings. The van der Waals surface area contributed by atoms with Crippen LogP contribution in [-0.4, -0.2) is 28.9 Å². The topological polar surface area (TPSA) is 62.4 Å². The third kappa shape index (κ3) is 4.11. The van der Waals surface area contributed by atoms with Gasteiger partial charge in [0, 0.05) is 27.8 Å². The Labute approximate surface area is 198 Å². The Balaban J connectivity index is 1.54. The number of aromatic nitrogens is 1. The van der Waals surface area contributed by atoms with Crippen LogP contribution >= 0.6 is 22.9 Å². The fourth-order valence-corrected chi connectivity index (χ4v) is 6.04. The second-order valence-electron chi connectivity index (χ2n) is 8.33. The van der Waals surface area contributed by atoms with Gasteiger partial charge in [-0.1, -0.05) is 24.4 Å². The number of aromatic amines is 1. The molecule has 0 saturated heterocycles. The standard InChI is InChI=1S/C25H22ClFN2O3S/c1-32-18-8-6-14-10-15(24(30)28-20(14)12-18)13-29(17-4-2-3-5-17)25(31)23-22(26)19-9-7-16(27)11-21(19)33-23/h6-12,17H,2-5,13H2,1H3,(H,28,30). The van der Waals surface area contributed by atoms with Crippen LogP contribution in [0.3, 0.4) is 0 Å². The number of H-pyrrole nitrogens is 1. The summed E-state index contributed by atoms with van der Waals surface area (Å²) in [6, 6.07) is 11.7. The molecule has 170 valence electrons. The SMILES string of the molecule is COc1ccc2cc(CN(C(=O)c3sc4cc(F)ccc4c3Cl)C3CCCC3)c(=O)[nH]c2c1. The summed E-state index contributed by atoms with van der Waals surface area (Å²) in [5.74, 6) is 0.0682. The van der Waals surface area contributed by atoms with Crippen molar-refractivity contribution in [1.82, 2.24) is 9.88 Å². The number of carbonyl (C=O) groups is 1. The molecule has 0 bridgehead atoms. The van der Waals surface area contributed by atoms with Crippen molar-refractivity contribution < 1.29 is 13.9 Å². The zero-order chi connectivity index (χ0) is 23.1. The van der Waals surface area contributed by atoms with E-state index >= 15 is 0 Å². The van der Waals surface area contributed by atoms with Crippen molar-refractivity contribution in [3.05, 3.63) is 74.1 Å². The lowest BCUT2D eigenvalue weighted by atomic mass is 10.1. The predicted octanol–water partition coefficient (Wildman–Crippen LogP) is 6.13. The number of hydrogen-bond donors (Lipinski definition) is 1. The zero-order valence-corrected chi connectivity index (χ0v) is 19.6. The molecule has 33 heavy (non-hydrogen) atoms. The van der Waals surface area contributed by atoms with Gasteiger partial charge in [0.2, 0.25) is 0 Å². The summed E-state index contributed by atoms with van der Waals surface area (Å²) in [5, 5.41) is 1.86. The number of thiophene rings is 1. The Kier molecular flexibility index (Phi) is 5.85. The van der Waals surface area contributed by atoms with Crippen molar-refractivity contribution in [1.29, 1.82) is 0 Å². The zero-order valence-electron chi connectivity index (χ0n) is 18.0. The molecule has 5 nitrogen and oxygen atoms in total. The highest BCUT2D eigenvalue weighted by molar-refractivity contribution is 7.21. The van der Waals surface area contributed by atoms with Crippen LogP contribution in [0.15, 0.2) is 47.3 Å². The van der Waals surface area contributed by atoms with Gasteiger partial charge < -0.3 is 14.6 Å². The van der Waals surface area contributed by atoms with Crippen LogP contribution in [0.1, 0.15) is 40.9 Å². The van der Waals surface area contributed by atoms with Gasteiger partial charge in [0.25, 0.3) is 11.5 Å². The van der Waals surface area contributed by atoms with Gasteiger partial charge in [-0.3, -0.25) is 9.59 Å². The fraction of sp³-hybridized carbons (Fsp3) is 0.280. The van der Waals surface area contributed by atoms with Gasteiger partial charge in [0.15, 0.2) is 0 Å². The number of ether oxygens (including phenoxy) is 1. The molecule has 1 aliphatic carbocycles. The van der Waals surface area contributed by atoms with Crippen molar-refractivity contribution in [2.24, 2.45) is 0 Å². The third-order valence-electron chi connectivity index (χ3n) is 6.28. The smallest absolute Gasteiger partial charge is 0.266 e. The van der Waals surface area contributed by atoms with Gasteiger partial charge in [0.1, 0.15) is 16.4 Å². The second-order valence-corrected chi connectivity index (χ2v) is 9.76. The van der Waals surface area contributed by atoms with Crippen LogP contribution < -0.4 is 10.3 Å². The minimum Gasteiger partial charge on any atom is -0.497 e. The maximum Gasteiger partial charge on any atom is 0.266 e. The van der Waals surface area contributed by atoms with Gasteiger partial charge >= 0.3 is 0 Å². The van der Waals surface area contributed by atoms with E-state index < -0.39 is 0 Å². The molecule has 0 radical (unpaired) electrons. The van der Waals surface area contributed by atoms with E-state index in [1.54, 1.807) is 24.1 Å². The molecular formula is C25H22ClFN2O3S. The molecule has 0 spiro atoms. The van der Waals surface area contributed by atoms with Gasteiger partial charge in [0.05, 0.1) is 24.2 Å².